The van der Waals surface area contributed by atoms with Crippen LogP contribution in [0.1, 0.15) is 67.2 Å². The maximum absolute atomic E-state index is 14.1. The second-order valence-electron chi connectivity index (χ2n) is 14.0. The molecule has 0 bridgehead atoms. The molecule has 2 amide bonds. The van der Waals surface area contributed by atoms with Crippen molar-refractivity contribution in [3.63, 3.8) is 0 Å². The maximum Gasteiger partial charge on any atom is 0.330 e. The lowest BCUT2D eigenvalue weighted by Gasteiger charge is -2.38. The van der Waals surface area contributed by atoms with E-state index in [4.69, 9.17) is 14.9 Å². The summed E-state index contributed by atoms with van der Waals surface area (Å²) in [6, 6.07) is 0. The zero-order chi connectivity index (χ0) is 30.3. The highest BCUT2D eigenvalue weighted by Gasteiger charge is 2.63. The molecule has 226 valence electrons. The van der Waals surface area contributed by atoms with Gasteiger partial charge in [-0.05, 0) is 64.7 Å². The number of carboxylic acid groups (broad SMARTS) is 1. The van der Waals surface area contributed by atoms with Crippen molar-refractivity contribution in [1.82, 2.24) is 15.5 Å². The van der Waals surface area contributed by atoms with Crippen LogP contribution in [0.3, 0.4) is 0 Å². The van der Waals surface area contributed by atoms with Gasteiger partial charge in [-0.2, -0.15) is 0 Å². The predicted octanol–water partition coefficient (Wildman–Crippen LogP) is 2.12. The summed E-state index contributed by atoms with van der Waals surface area (Å²) >= 11 is 0. The molecule has 2 fully saturated rings. The number of ether oxygens (including phenoxy) is 1. The highest BCUT2D eigenvalue weighted by Crippen LogP contribution is 2.46. The number of nitrogens with two attached hydrogens (primary N) is 1. The molecule has 0 aromatic rings. The van der Waals surface area contributed by atoms with Crippen molar-refractivity contribution in [2.24, 2.45) is 17.6 Å². The normalized spacial score (nSPS) is 33.1. The van der Waals surface area contributed by atoms with Crippen LogP contribution in [-0.2, 0) is 28.3 Å². The van der Waals surface area contributed by atoms with Gasteiger partial charge >= 0.3 is 11.9 Å². The average molecular weight is 581 g/mol. The van der Waals surface area contributed by atoms with Gasteiger partial charge in [0.25, 0.3) is 5.91 Å². The number of fused-ring (bicyclic) bond motifs is 2. The number of carboxylic acids is 1. The lowest BCUT2D eigenvalue weighted by Crippen LogP contribution is -2.67. The molecule has 1 aliphatic carbocycles. The first-order valence-electron chi connectivity index (χ1n) is 14.2. The lowest BCUT2D eigenvalue weighted by molar-refractivity contribution is -0.167. The third kappa shape index (κ3) is 6.77. The highest BCUT2D eigenvalue weighted by molar-refractivity contribution is 6.74. The second-order valence-corrected chi connectivity index (χ2v) is 18.7. The molecule has 2 aliphatic heterocycles. The molecule has 0 aromatic carbocycles. The van der Waals surface area contributed by atoms with Gasteiger partial charge in [0.15, 0.2) is 14.0 Å². The van der Waals surface area contributed by atoms with E-state index < -0.39 is 60.9 Å². The largest absolute Gasteiger partial charge is 0.479 e. The fourth-order valence-corrected chi connectivity index (χ4v) is 6.37. The van der Waals surface area contributed by atoms with E-state index >= 15 is 0 Å². The predicted molar refractivity (Wildman–Crippen MR) is 153 cm³/mol. The number of hydrogen-bond donors (Lipinski definition) is 4. The topological polar surface area (TPSA) is 160 Å². The first kappa shape index (κ1) is 32.2. The van der Waals surface area contributed by atoms with Crippen molar-refractivity contribution < 1.29 is 33.4 Å². The average Bonchev–Trinajstić information content (AvgIpc) is 3.38. The van der Waals surface area contributed by atoms with Crippen molar-refractivity contribution in [3.8, 4) is 0 Å². The minimum Gasteiger partial charge on any atom is -0.479 e. The van der Waals surface area contributed by atoms with Crippen molar-refractivity contribution in [1.29, 1.82) is 0 Å². The number of esters is 1. The Labute approximate surface area is 238 Å². The van der Waals surface area contributed by atoms with Gasteiger partial charge in [-0.1, -0.05) is 32.9 Å². The number of amides is 2. The van der Waals surface area contributed by atoms with E-state index in [9.17, 15) is 24.3 Å². The van der Waals surface area contributed by atoms with E-state index in [1.54, 1.807) is 20.8 Å². The summed E-state index contributed by atoms with van der Waals surface area (Å²) in [7, 11) is -2.33. The Kier molecular flexibility index (Phi) is 9.01. The van der Waals surface area contributed by atoms with Crippen LogP contribution in [0.15, 0.2) is 12.2 Å². The number of rotatable bonds is 4. The van der Waals surface area contributed by atoms with Crippen LogP contribution in [0.5, 0.6) is 0 Å². The van der Waals surface area contributed by atoms with Gasteiger partial charge in [-0.25, -0.2) is 4.79 Å². The van der Waals surface area contributed by atoms with Crippen LogP contribution >= 0.6 is 0 Å². The fraction of sp³-hybridized carbons (Fsp3) is 0.786. The summed E-state index contributed by atoms with van der Waals surface area (Å²) in [4.78, 5) is 54.7. The first-order valence-corrected chi connectivity index (χ1v) is 17.1. The molecule has 0 spiro atoms. The Hall–Kier alpha value is -2.28. The van der Waals surface area contributed by atoms with E-state index in [0.717, 1.165) is 6.42 Å². The summed E-state index contributed by atoms with van der Waals surface area (Å²) in [5.74, 6) is -4.91. The molecular weight excluding hydrogens is 532 g/mol. The molecule has 11 nitrogen and oxygen atoms in total. The maximum atomic E-state index is 14.1. The van der Waals surface area contributed by atoms with Crippen molar-refractivity contribution >= 4 is 32.1 Å². The first-order chi connectivity index (χ1) is 18.2. The molecule has 1 saturated heterocycles. The lowest BCUT2D eigenvalue weighted by atomic mass is 10.0. The van der Waals surface area contributed by atoms with E-state index in [1.807, 2.05) is 12.2 Å². The Morgan fingerprint density at radius 1 is 1.15 bits per heavy atom. The molecule has 5 atom stereocenters. The van der Waals surface area contributed by atoms with Crippen LogP contribution in [0.4, 0.5) is 0 Å². The molecule has 3 rings (SSSR count). The van der Waals surface area contributed by atoms with Crippen LogP contribution < -0.4 is 16.4 Å². The number of nitrogens with zero attached hydrogens (tertiary/aromatic N) is 1. The third-order valence-corrected chi connectivity index (χ3v) is 13.0. The van der Waals surface area contributed by atoms with Gasteiger partial charge in [0.2, 0.25) is 5.91 Å². The SMILES string of the molecule is CC(C)(C)OC(=O)[C@H]1CNCCC/C=C\[C@@H]2C[C@@]2(C(=O)O)NC(=O)[C@]2(N)C[C@@H](O[Si](C)(C)C(C)(C)C)CN2C1=O. The van der Waals surface area contributed by atoms with Crippen molar-refractivity contribution in [3.05, 3.63) is 12.2 Å². The standard InChI is InChI=1S/C28H48N4O7Si/c1-25(2,3)38-22(34)20-16-30-13-11-9-10-12-18-14-27(18,24(36)37)31-23(35)28(29)15-19(17-32(28)21(20)33)39-40(7,8)26(4,5)6/h10,12,18-20,30H,9,11,13-17,29H2,1-8H3,(H,31,35)(H,36,37)/b12-10-/t18-,19-,20+,27-,28+/m1/s1. The van der Waals surface area contributed by atoms with Crippen LogP contribution in [-0.4, -0.2) is 84.6 Å². The van der Waals surface area contributed by atoms with Crippen molar-refractivity contribution in [2.75, 3.05) is 19.6 Å². The number of aliphatic carboxylic acids is 1. The number of nitrogens with one attached hydrogen (secondary N) is 2. The molecule has 3 aliphatic rings. The van der Waals surface area contributed by atoms with Gasteiger partial charge in [-0.3, -0.25) is 14.4 Å². The summed E-state index contributed by atoms with van der Waals surface area (Å²) < 4.78 is 12.2. The van der Waals surface area contributed by atoms with E-state index in [2.05, 4.69) is 44.5 Å². The molecule has 40 heavy (non-hydrogen) atoms. The molecule has 0 aromatic heterocycles. The van der Waals surface area contributed by atoms with Crippen molar-refractivity contribution in [2.45, 2.75) is 108 Å². The van der Waals surface area contributed by atoms with Crippen LogP contribution in [0.2, 0.25) is 18.1 Å². The van der Waals surface area contributed by atoms with E-state index in [-0.39, 0.29) is 36.9 Å². The molecule has 2 heterocycles. The summed E-state index contributed by atoms with van der Waals surface area (Å²) in [5.41, 5.74) is 2.54. The van der Waals surface area contributed by atoms with E-state index in [1.165, 1.54) is 4.90 Å². The van der Waals surface area contributed by atoms with Gasteiger partial charge < -0.3 is 35.5 Å². The van der Waals surface area contributed by atoms with Gasteiger partial charge in [0.05, 0.1) is 6.10 Å². The summed E-state index contributed by atoms with van der Waals surface area (Å²) in [6.07, 6.45) is 4.76. The molecular formula is C28H48N4O7Si. The Morgan fingerprint density at radius 2 is 1.80 bits per heavy atom. The summed E-state index contributed by atoms with van der Waals surface area (Å²) in [6.45, 7) is 16.1. The minimum absolute atomic E-state index is 0.00202. The second kappa shape index (κ2) is 11.2. The van der Waals surface area contributed by atoms with E-state index in [0.29, 0.717) is 13.0 Å². The van der Waals surface area contributed by atoms with Gasteiger partial charge in [-0.15, -0.1) is 0 Å². The molecule has 12 heteroatoms. The van der Waals surface area contributed by atoms with Gasteiger partial charge in [0.1, 0.15) is 17.1 Å². The smallest absolute Gasteiger partial charge is 0.330 e. The van der Waals surface area contributed by atoms with Crippen LogP contribution in [0, 0.1) is 11.8 Å². The number of carbonyl (C=O) groups is 4. The Balaban J connectivity index is 2.02. The number of allylic oxidation sites excluding steroid dienone is 1. The highest BCUT2D eigenvalue weighted by atomic mass is 28.4. The van der Waals surface area contributed by atoms with Crippen LogP contribution in [0.25, 0.3) is 0 Å². The number of hydrogen-bond acceptors (Lipinski definition) is 8. The molecule has 1 saturated carbocycles. The Morgan fingerprint density at radius 3 is 2.38 bits per heavy atom. The fourth-order valence-electron chi connectivity index (χ4n) is 5.02. The summed E-state index contributed by atoms with van der Waals surface area (Å²) in [5, 5.41) is 15.8. The molecule has 0 unspecified atom stereocenters. The zero-order valence-corrected chi connectivity index (χ0v) is 26.3. The third-order valence-electron chi connectivity index (χ3n) is 8.50. The Bertz CT molecular complexity index is 1050. The quantitative estimate of drug-likeness (QED) is 0.169. The zero-order valence-electron chi connectivity index (χ0n) is 25.3. The minimum atomic E-state index is -2.33. The molecule has 0 radical (unpaired) electrons. The monoisotopic (exact) mass is 580 g/mol. The molecule has 5 N–H and O–H groups in total. The number of carbonyl (C=O) groups excluding carboxylic acids is 3. The van der Waals surface area contributed by atoms with Gasteiger partial charge in [0, 0.05) is 25.4 Å².